The fourth-order valence-electron chi connectivity index (χ4n) is 3.61. The highest BCUT2D eigenvalue weighted by molar-refractivity contribution is 7.99. The third-order valence-corrected chi connectivity index (χ3v) is 6.42. The van der Waals surface area contributed by atoms with Gasteiger partial charge in [-0.15, -0.1) is 11.8 Å². The molecule has 2 fully saturated rings. The molecule has 0 aromatic heterocycles. The molecule has 5 nitrogen and oxygen atoms in total. The van der Waals surface area contributed by atoms with Crippen LogP contribution in [0.5, 0.6) is 0 Å². The van der Waals surface area contributed by atoms with E-state index in [0.29, 0.717) is 6.10 Å². The van der Waals surface area contributed by atoms with Crippen LogP contribution in [0.25, 0.3) is 0 Å². The van der Waals surface area contributed by atoms with Crippen LogP contribution >= 0.6 is 11.8 Å². The Morgan fingerprint density at radius 2 is 1.96 bits per heavy atom. The van der Waals surface area contributed by atoms with Crippen molar-refractivity contribution in [2.24, 2.45) is 5.92 Å². The molecule has 0 radical (unpaired) electrons. The average molecular weight is 391 g/mol. The Bertz CT molecular complexity index is 651. The molecule has 0 spiro atoms. The van der Waals surface area contributed by atoms with Crippen molar-refractivity contribution in [2.75, 3.05) is 25.4 Å². The van der Waals surface area contributed by atoms with E-state index >= 15 is 0 Å². The van der Waals surface area contributed by atoms with Crippen molar-refractivity contribution in [3.8, 4) is 0 Å². The SMILES string of the molecule is CC(C)C(=O)N1CCC(NC(=O)c2ccccc2SC[C@H]2CCCO2)CC1. The summed E-state index contributed by atoms with van der Waals surface area (Å²) in [5.74, 6) is 1.11. The van der Waals surface area contributed by atoms with Gasteiger partial charge in [-0.1, -0.05) is 26.0 Å². The summed E-state index contributed by atoms with van der Waals surface area (Å²) in [6.07, 6.45) is 4.17. The third-order valence-electron chi connectivity index (χ3n) is 5.22. The molecule has 0 unspecified atom stereocenters. The zero-order valence-corrected chi connectivity index (χ0v) is 17.1. The second-order valence-corrected chi connectivity index (χ2v) is 8.73. The van der Waals surface area contributed by atoms with E-state index < -0.39 is 0 Å². The van der Waals surface area contributed by atoms with Crippen LogP contribution < -0.4 is 5.32 Å². The number of hydrogen-bond acceptors (Lipinski definition) is 4. The van der Waals surface area contributed by atoms with Gasteiger partial charge >= 0.3 is 0 Å². The van der Waals surface area contributed by atoms with Crippen LogP contribution in [0.2, 0.25) is 0 Å². The normalized spacial score (nSPS) is 20.9. The third kappa shape index (κ3) is 5.48. The van der Waals surface area contributed by atoms with E-state index in [-0.39, 0.29) is 23.8 Å². The van der Waals surface area contributed by atoms with E-state index in [1.54, 1.807) is 11.8 Å². The Morgan fingerprint density at radius 3 is 2.63 bits per heavy atom. The number of thioether (sulfide) groups is 1. The lowest BCUT2D eigenvalue weighted by atomic mass is 10.0. The second kappa shape index (κ2) is 9.60. The largest absolute Gasteiger partial charge is 0.377 e. The number of rotatable bonds is 6. The summed E-state index contributed by atoms with van der Waals surface area (Å²) in [7, 11) is 0. The maximum Gasteiger partial charge on any atom is 0.252 e. The molecule has 2 heterocycles. The fraction of sp³-hybridized carbons (Fsp3) is 0.619. The summed E-state index contributed by atoms with van der Waals surface area (Å²) in [4.78, 5) is 27.8. The molecule has 1 aromatic carbocycles. The minimum absolute atomic E-state index is 0.0147. The molecule has 3 rings (SSSR count). The van der Waals surface area contributed by atoms with Crippen LogP contribution in [0.4, 0.5) is 0 Å². The van der Waals surface area contributed by atoms with Crippen LogP contribution in [-0.2, 0) is 9.53 Å². The molecule has 0 aliphatic carbocycles. The minimum Gasteiger partial charge on any atom is -0.377 e. The summed E-state index contributed by atoms with van der Waals surface area (Å²) in [6, 6.07) is 7.92. The fourth-order valence-corrected chi connectivity index (χ4v) is 4.73. The highest BCUT2D eigenvalue weighted by Gasteiger charge is 2.26. The standard InChI is InChI=1S/C21H30N2O3S/c1-15(2)21(25)23-11-9-16(10-12-23)22-20(24)18-7-3-4-8-19(18)27-14-17-6-5-13-26-17/h3-4,7-8,15-17H,5-6,9-14H2,1-2H3,(H,22,24)/t17-/m1/s1. The number of piperidine rings is 1. The molecule has 0 bridgehead atoms. The molecule has 1 aromatic rings. The van der Waals surface area contributed by atoms with Crippen LogP contribution in [-0.4, -0.2) is 54.3 Å². The summed E-state index contributed by atoms with van der Waals surface area (Å²) >= 11 is 1.70. The monoisotopic (exact) mass is 390 g/mol. The van der Waals surface area contributed by atoms with Crippen LogP contribution in [0.3, 0.4) is 0 Å². The van der Waals surface area contributed by atoms with Gasteiger partial charge in [-0.05, 0) is 37.8 Å². The molecule has 2 amide bonds. The van der Waals surface area contributed by atoms with Gasteiger partial charge in [-0.25, -0.2) is 0 Å². The van der Waals surface area contributed by atoms with Gasteiger partial charge in [0.25, 0.3) is 5.91 Å². The lowest BCUT2D eigenvalue weighted by Crippen LogP contribution is -2.47. The van der Waals surface area contributed by atoms with Gasteiger partial charge < -0.3 is 15.0 Å². The molecule has 1 atom stereocenters. The first-order valence-corrected chi connectivity index (χ1v) is 11.0. The molecule has 1 N–H and O–H groups in total. The number of nitrogens with one attached hydrogen (secondary N) is 1. The number of nitrogens with zero attached hydrogens (tertiary/aromatic N) is 1. The van der Waals surface area contributed by atoms with E-state index in [2.05, 4.69) is 5.32 Å². The first-order chi connectivity index (χ1) is 13.0. The molecular weight excluding hydrogens is 360 g/mol. The second-order valence-electron chi connectivity index (χ2n) is 7.67. The topological polar surface area (TPSA) is 58.6 Å². The molecule has 2 saturated heterocycles. The highest BCUT2D eigenvalue weighted by atomic mass is 32.2. The van der Waals surface area contributed by atoms with Crippen molar-refractivity contribution in [3.05, 3.63) is 29.8 Å². The van der Waals surface area contributed by atoms with Crippen LogP contribution in [0, 0.1) is 5.92 Å². The van der Waals surface area contributed by atoms with Gasteiger partial charge in [-0.2, -0.15) is 0 Å². The zero-order chi connectivity index (χ0) is 19.2. The van der Waals surface area contributed by atoms with E-state index in [4.69, 9.17) is 4.74 Å². The van der Waals surface area contributed by atoms with Gasteiger partial charge in [0.1, 0.15) is 0 Å². The van der Waals surface area contributed by atoms with Gasteiger partial charge in [0.05, 0.1) is 11.7 Å². The number of carbonyl (C=O) groups is 2. The predicted molar refractivity (Wildman–Crippen MR) is 108 cm³/mol. The Balaban J connectivity index is 1.53. The number of ether oxygens (including phenoxy) is 1. The number of likely N-dealkylation sites (tertiary alicyclic amines) is 1. The molecule has 27 heavy (non-hydrogen) atoms. The number of carbonyl (C=O) groups excluding carboxylic acids is 2. The van der Waals surface area contributed by atoms with Gasteiger partial charge in [-0.3, -0.25) is 9.59 Å². The van der Waals surface area contributed by atoms with E-state index in [1.807, 2.05) is 43.0 Å². The molecule has 2 aliphatic heterocycles. The maximum atomic E-state index is 12.8. The summed E-state index contributed by atoms with van der Waals surface area (Å²) < 4.78 is 5.69. The van der Waals surface area contributed by atoms with Crippen molar-refractivity contribution in [2.45, 2.75) is 56.6 Å². The smallest absolute Gasteiger partial charge is 0.252 e. The van der Waals surface area contributed by atoms with Crippen LogP contribution in [0.15, 0.2) is 29.2 Å². The molecular formula is C21H30N2O3S. The van der Waals surface area contributed by atoms with E-state index in [1.165, 1.54) is 0 Å². The van der Waals surface area contributed by atoms with Crippen molar-refractivity contribution >= 4 is 23.6 Å². The maximum absolute atomic E-state index is 12.8. The number of benzene rings is 1. The van der Waals surface area contributed by atoms with Crippen molar-refractivity contribution in [1.29, 1.82) is 0 Å². The minimum atomic E-state index is -0.0147. The Morgan fingerprint density at radius 1 is 1.22 bits per heavy atom. The van der Waals surface area contributed by atoms with Gasteiger partial charge in [0.15, 0.2) is 0 Å². The number of amides is 2. The van der Waals surface area contributed by atoms with Crippen LogP contribution in [0.1, 0.15) is 49.9 Å². The van der Waals surface area contributed by atoms with E-state index in [0.717, 1.165) is 61.6 Å². The average Bonchev–Trinajstić information content (AvgIpc) is 3.20. The van der Waals surface area contributed by atoms with Gasteiger partial charge in [0, 0.05) is 42.3 Å². The quantitative estimate of drug-likeness (QED) is 0.757. The molecule has 2 aliphatic rings. The first kappa shape index (κ1) is 20.2. The molecule has 0 saturated carbocycles. The Hall–Kier alpha value is -1.53. The summed E-state index contributed by atoms with van der Waals surface area (Å²) in [6.45, 7) is 6.16. The summed E-state index contributed by atoms with van der Waals surface area (Å²) in [5.41, 5.74) is 0.737. The Labute approximate surface area is 166 Å². The number of hydrogen-bond donors (Lipinski definition) is 1. The first-order valence-electron chi connectivity index (χ1n) is 9.97. The lowest BCUT2D eigenvalue weighted by Gasteiger charge is -2.33. The van der Waals surface area contributed by atoms with Crippen molar-refractivity contribution < 1.29 is 14.3 Å². The zero-order valence-electron chi connectivity index (χ0n) is 16.3. The van der Waals surface area contributed by atoms with Crippen molar-refractivity contribution in [3.63, 3.8) is 0 Å². The van der Waals surface area contributed by atoms with Gasteiger partial charge in [0.2, 0.25) is 5.91 Å². The molecule has 6 heteroatoms. The molecule has 148 valence electrons. The van der Waals surface area contributed by atoms with Crippen molar-refractivity contribution in [1.82, 2.24) is 10.2 Å². The van der Waals surface area contributed by atoms with E-state index in [9.17, 15) is 9.59 Å². The predicted octanol–water partition coefficient (Wildman–Crippen LogP) is 3.33. The Kier molecular flexibility index (Phi) is 7.19. The lowest BCUT2D eigenvalue weighted by molar-refractivity contribution is -0.135. The summed E-state index contributed by atoms with van der Waals surface area (Å²) in [5, 5.41) is 3.17. The highest BCUT2D eigenvalue weighted by Crippen LogP contribution is 2.27.